The number of phosphoric acid groups is 1. The van der Waals surface area contributed by atoms with Gasteiger partial charge in [-0.2, -0.15) is 4.57 Å². The van der Waals surface area contributed by atoms with Gasteiger partial charge in [0.25, 0.3) is 20.0 Å². The molecule has 39 heavy (non-hydrogen) atoms. The lowest BCUT2D eigenvalue weighted by molar-refractivity contribution is -0.765. The van der Waals surface area contributed by atoms with Crippen molar-refractivity contribution in [1.29, 1.82) is 0 Å². The van der Waals surface area contributed by atoms with Gasteiger partial charge in [0.05, 0.1) is 18.9 Å². The van der Waals surface area contributed by atoms with Gasteiger partial charge in [-0.15, -0.1) is 5.10 Å². The first-order valence-electron chi connectivity index (χ1n) is 11.8. The predicted molar refractivity (Wildman–Crippen MR) is 129 cm³/mol. The fourth-order valence-corrected chi connectivity index (χ4v) is 4.49. The number of hydrogen-bond donors (Lipinski definition) is 4. The van der Waals surface area contributed by atoms with E-state index in [1.165, 1.54) is 40.0 Å². The number of hydrogen-bond acceptors (Lipinski definition) is 11. The highest BCUT2D eigenvalue weighted by molar-refractivity contribution is 7.45. The molecule has 1 aliphatic rings. The zero-order chi connectivity index (χ0) is 28.0. The van der Waals surface area contributed by atoms with Gasteiger partial charge in [0.15, 0.2) is 18.5 Å². The fraction of sp³-hybridized carbons (Fsp3) is 0.348. The summed E-state index contributed by atoms with van der Waals surface area (Å²) in [6.45, 7) is -1.03. The predicted octanol–water partition coefficient (Wildman–Crippen LogP) is -1.33. The number of aromatic nitrogens is 4. The number of nitrogens with one attached hydrogen (secondary N) is 1. The molecule has 208 valence electrons. The van der Waals surface area contributed by atoms with Crippen LogP contribution < -0.4 is 20.5 Å². The van der Waals surface area contributed by atoms with Crippen molar-refractivity contribution in [3.63, 3.8) is 0 Å². The molecule has 1 aromatic carbocycles. The van der Waals surface area contributed by atoms with Crippen LogP contribution in [0.3, 0.4) is 0 Å². The number of pyridine rings is 1. The first-order valence-corrected chi connectivity index (χ1v) is 13.2. The van der Waals surface area contributed by atoms with Crippen LogP contribution in [0, 0.1) is 0 Å². The normalized spacial score (nSPS) is 22.3. The Morgan fingerprint density at radius 1 is 1.18 bits per heavy atom. The highest BCUT2D eigenvalue weighted by Crippen LogP contribution is 2.39. The number of anilines is 1. The van der Waals surface area contributed by atoms with Crippen molar-refractivity contribution in [3.05, 3.63) is 72.3 Å². The fourth-order valence-electron chi connectivity index (χ4n) is 3.77. The second kappa shape index (κ2) is 12.5. The third kappa shape index (κ3) is 7.74. The minimum Gasteiger partial charge on any atom is -0.756 e. The highest BCUT2D eigenvalue weighted by Gasteiger charge is 2.48. The Morgan fingerprint density at radius 3 is 2.69 bits per heavy atom. The molecule has 0 aliphatic carbocycles. The smallest absolute Gasteiger partial charge is 0.292 e. The third-order valence-corrected chi connectivity index (χ3v) is 6.66. The highest BCUT2D eigenvalue weighted by atomic mass is 31.2. The number of primary amides is 1. The molecule has 2 aromatic heterocycles. The molecule has 0 radical (unpaired) electrons. The lowest BCUT2D eigenvalue weighted by atomic mass is 10.1. The Labute approximate surface area is 222 Å². The molecule has 4 rings (SSSR count). The summed E-state index contributed by atoms with van der Waals surface area (Å²) in [6, 6.07) is 11.9. The number of aliphatic hydroxyl groups excluding tert-OH is 2. The molecule has 0 bridgehead atoms. The molecule has 0 saturated carbocycles. The molecule has 0 spiro atoms. The number of nitrogens with zero attached hydrogens (tertiary/aromatic N) is 4. The largest absolute Gasteiger partial charge is 0.756 e. The maximum Gasteiger partial charge on any atom is 0.292 e. The van der Waals surface area contributed by atoms with Crippen LogP contribution in [0.25, 0.3) is 0 Å². The summed E-state index contributed by atoms with van der Waals surface area (Å²) in [5, 5.41) is 31.1. The zero-order valence-electron chi connectivity index (χ0n) is 20.5. The summed E-state index contributed by atoms with van der Waals surface area (Å²) in [4.78, 5) is 35.7. The van der Waals surface area contributed by atoms with Crippen molar-refractivity contribution in [3.8, 4) is 0 Å². The monoisotopic (exact) mass is 562 g/mol. The molecule has 1 fully saturated rings. The van der Waals surface area contributed by atoms with E-state index in [0.717, 1.165) is 0 Å². The van der Waals surface area contributed by atoms with Crippen molar-refractivity contribution >= 4 is 25.3 Å². The minimum absolute atomic E-state index is 0.0616. The van der Waals surface area contributed by atoms with Gasteiger partial charge in [-0.1, -0.05) is 23.4 Å². The third-order valence-electron chi connectivity index (χ3n) is 5.69. The van der Waals surface area contributed by atoms with Gasteiger partial charge < -0.3 is 39.9 Å². The second-order valence-electron chi connectivity index (χ2n) is 8.60. The maximum absolute atomic E-state index is 12.2. The summed E-state index contributed by atoms with van der Waals surface area (Å²) in [5.41, 5.74) is 6.43. The van der Waals surface area contributed by atoms with Gasteiger partial charge in [0, 0.05) is 24.4 Å². The Bertz CT molecular complexity index is 1340. The van der Waals surface area contributed by atoms with E-state index < -0.39 is 44.9 Å². The molecule has 1 unspecified atom stereocenters. The summed E-state index contributed by atoms with van der Waals surface area (Å²) >= 11 is 0. The molecule has 1 saturated heterocycles. The van der Waals surface area contributed by atoms with Crippen molar-refractivity contribution in [1.82, 2.24) is 15.0 Å². The van der Waals surface area contributed by atoms with Crippen LogP contribution in [0.1, 0.15) is 22.3 Å². The Morgan fingerprint density at radius 2 is 1.95 bits per heavy atom. The average molecular weight is 562 g/mol. The molecular weight excluding hydrogens is 535 g/mol. The van der Waals surface area contributed by atoms with Gasteiger partial charge in [0.2, 0.25) is 5.91 Å². The molecule has 3 aromatic rings. The van der Waals surface area contributed by atoms with Gasteiger partial charge in [-0.3, -0.25) is 14.2 Å². The number of carbonyl (C=O) groups excluding carboxylic acids is 2. The first kappa shape index (κ1) is 28.4. The standard InChI is InChI=1S/C23H27N6O9P/c24-22(33)15-5-4-9-28(11-15)23-21(32)20(31)18(38-23)14-37-39(34,35)36-10-8-17-12-29(27-26-17)13-19(30)25-16-6-2-1-3-7-16/h1-7,9,11-12,18,20-21,23,31-32H,8,10,13-14H2,(H3-,24,25,30,33,34,35)/t18-,20-,21-,23-/m1/s1. The number of carbonyl (C=O) groups is 2. The van der Waals surface area contributed by atoms with E-state index in [9.17, 15) is 29.3 Å². The van der Waals surface area contributed by atoms with Gasteiger partial charge in [-0.05, 0) is 18.2 Å². The average Bonchev–Trinajstić information content (AvgIpc) is 3.46. The second-order valence-corrected chi connectivity index (χ2v) is 10.0. The van der Waals surface area contributed by atoms with E-state index in [1.54, 1.807) is 24.3 Å². The van der Waals surface area contributed by atoms with Gasteiger partial charge in [0.1, 0.15) is 24.3 Å². The van der Waals surface area contributed by atoms with Crippen LogP contribution in [-0.2, 0) is 36.1 Å². The number of amides is 2. The molecular formula is C23H27N6O9P. The van der Waals surface area contributed by atoms with E-state index in [0.29, 0.717) is 11.4 Å². The summed E-state index contributed by atoms with van der Waals surface area (Å²) in [7, 11) is -4.81. The first-order chi connectivity index (χ1) is 18.6. The Balaban J connectivity index is 1.22. The number of nitrogens with two attached hydrogens (primary N) is 1. The quantitative estimate of drug-likeness (QED) is 0.150. The number of rotatable bonds is 12. The molecule has 16 heteroatoms. The topological polar surface area (TPSA) is 215 Å². The number of para-hydroxylation sites is 1. The summed E-state index contributed by atoms with van der Waals surface area (Å²) < 4.78 is 30.1. The van der Waals surface area contributed by atoms with E-state index >= 15 is 0 Å². The van der Waals surface area contributed by atoms with Crippen LogP contribution in [0.15, 0.2) is 61.1 Å². The molecule has 2 amide bonds. The molecule has 1 aliphatic heterocycles. The van der Waals surface area contributed by atoms with Crippen molar-refractivity contribution in [2.24, 2.45) is 5.73 Å². The lowest BCUT2D eigenvalue weighted by Gasteiger charge is -2.24. The Hall–Kier alpha value is -3.56. The van der Waals surface area contributed by atoms with Crippen LogP contribution in [0.4, 0.5) is 5.69 Å². The van der Waals surface area contributed by atoms with Crippen LogP contribution in [0.5, 0.6) is 0 Å². The number of ether oxygens (including phenoxy) is 1. The summed E-state index contributed by atoms with van der Waals surface area (Å²) in [6.07, 6.45) is -0.862. The summed E-state index contributed by atoms with van der Waals surface area (Å²) in [5.74, 6) is -1.01. The lowest BCUT2D eigenvalue weighted by Crippen LogP contribution is -2.46. The minimum atomic E-state index is -4.81. The zero-order valence-corrected chi connectivity index (χ0v) is 21.4. The molecule has 3 heterocycles. The van der Waals surface area contributed by atoms with E-state index in [1.807, 2.05) is 6.07 Å². The molecule has 15 nitrogen and oxygen atoms in total. The number of benzene rings is 1. The van der Waals surface area contributed by atoms with Crippen molar-refractivity contribution in [2.45, 2.75) is 37.5 Å². The van der Waals surface area contributed by atoms with Crippen LogP contribution >= 0.6 is 7.82 Å². The molecule has 5 atom stereocenters. The van der Waals surface area contributed by atoms with Crippen LogP contribution in [0.2, 0.25) is 0 Å². The van der Waals surface area contributed by atoms with E-state index in [4.69, 9.17) is 19.5 Å². The van der Waals surface area contributed by atoms with Crippen LogP contribution in [-0.4, -0.2) is 68.5 Å². The Kier molecular flexibility index (Phi) is 9.14. The van der Waals surface area contributed by atoms with Gasteiger partial charge in [-0.25, -0.2) is 4.68 Å². The van der Waals surface area contributed by atoms with Crippen molar-refractivity contribution in [2.75, 3.05) is 18.5 Å². The van der Waals surface area contributed by atoms with E-state index in [-0.39, 0.29) is 31.0 Å². The van der Waals surface area contributed by atoms with E-state index in [2.05, 4.69) is 15.6 Å². The van der Waals surface area contributed by atoms with Gasteiger partial charge >= 0.3 is 0 Å². The SMILES string of the molecule is NC(=O)c1ccc[n+]([C@@H]2O[C@H](COP(=O)([O-])OCCc3cn(CC(=O)Nc4ccccc4)nn3)[C@@H](O)[C@H]2O)c1. The number of phosphoric ester groups is 1. The number of aliphatic hydroxyl groups is 2. The van der Waals surface area contributed by atoms with Crippen molar-refractivity contribution < 1.29 is 47.6 Å². The molecule has 5 N–H and O–H groups in total. The maximum atomic E-state index is 12.2.